The van der Waals surface area contributed by atoms with Crippen LogP contribution in [0.3, 0.4) is 0 Å². The Bertz CT molecular complexity index is 522. The summed E-state index contributed by atoms with van der Waals surface area (Å²) in [5.41, 5.74) is 0.842. The van der Waals surface area contributed by atoms with Crippen LogP contribution >= 0.6 is 11.6 Å². The van der Waals surface area contributed by atoms with E-state index in [2.05, 4.69) is 11.9 Å². The lowest BCUT2D eigenvalue weighted by Gasteiger charge is -2.16. The Kier molecular flexibility index (Phi) is 3.05. The Balaban J connectivity index is 1.80. The molecule has 0 N–H and O–H groups in total. The van der Waals surface area contributed by atoms with Crippen molar-refractivity contribution in [1.82, 2.24) is 9.88 Å². The highest BCUT2D eigenvalue weighted by atomic mass is 35.5. The normalized spacial score (nSPS) is 30.0. The first-order valence-corrected chi connectivity index (χ1v) is 6.89. The number of fused-ring (bicyclic) bond motifs is 1. The van der Waals surface area contributed by atoms with E-state index in [9.17, 15) is 9.59 Å². The van der Waals surface area contributed by atoms with E-state index < -0.39 is 0 Å². The molecular weight excluding hydrogens is 264 g/mol. The average molecular weight is 279 g/mol. The number of rotatable bonds is 2. The molecule has 2 amide bonds. The van der Waals surface area contributed by atoms with Crippen LogP contribution in [0.15, 0.2) is 18.3 Å². The quantitative estimate of drug-likeness (QED) is 0.616. The molecular formula is C14H15ClN2O2. The highest BCUT2D eigenvalue weighted by Crippen LogP contribution is 2.43. The molecule has 1 saturated carbocycles. The number of imide groups is 1. The van der Waals surface area contributed by atoms with E-state index in [0.717, 1.165) is 18.4 Å². The van der Waals surface area contributed by atoms with Crippen molar-refractivity contribution in [2.45, 2.75) is 26.3 Å². The fraction of sp³-hybridized carbons (Fsp3) is 0.500. The SMILES string of the molecule is CC1CC2C(=O)N(Cc3ccnc(Cl)c3)C(=O)C2C1. The van der Waals surface area contributed by atoms with Gasteiger partial charge in [0.1, 0.15) is 5.15 Å². The lowest BCUT2D eigenvalue weighted by Crippen LogP contribution is -2.31. The van der Waals surface area contributed by atoms with Gasteiger partial charge in [0.2, 0.25) is 11.8 Å². The predicted molar refractivity (Wildman–Crippen MR) is 70.2 cm³/mol. The van der Waals surface area contributed by atoms with Crippen LogP contribution in [0.4, 0.5) is 0 Å². The number of hydrogen-bond donors (Lipinski definition) is 0. The highest BCUT2D eigenvalue weighted by Gasteiger charge is 2.51. The molecule has 1 aliphatic carbocycles. The van der Waals surface area contributed by atoms with E-state index in [-0.39, 0.29) is 23.7 Å². The molecule has 2 fully saturated rings. The number of pyridine rings is 1. The van der Waals surface area contributed by atoms with Crippen LogP contribution in [0.25, 0.3) is 0 Å². The van der Waals surface area contributed by atoms with Gasteiger partial charge >= 0.3 is 0 Å². The molecule has 2 unspecified atom stereocenters. The largest absolute Gasteiger partial charge is 0.278 e. The highest BCUT2D eigenvalue weighted by molar-refractivity contribution is 6.29. The molecule has 1 aliphatic heterocycles. The van der Waals surface area contributed by atoms with Gasteiger partial charge in [-0.1, -0.05) is 18.5 Å². The van der Waals surface area contributed by atoms with Gasteiger partial charge < -0.3 is 0 Å². The third kappa shape index (κ3) is 2.14. The second-order valence-electron chi connectivity index (χ2n) is 5.54. The summed E-state index contributed by atoms with van der Waals surface area (Å²) in [4.78, 5) is 29.9. The zero-order valence-electron chi connectivity index (χ0n) is 10.7. The maximum absolute atomic E-state index is 12.3. The molecule has 1 aromatic heterocycles. The van der Waals surface area contributed by atoms with Gasteiger partial charge in [0.05, 0.1) is 18.4 Å². The van der Waals surface area contributed by atoms with Gasteiger partial charge in [0.25, 0.3) is 0 Å². The Labute approximate surface area is 116 Å². The summed E-state index contributed by atoms with van der Waals surface area (Å²) in [5.74, 6) is 0.236. The van der Waals surface area contributed by atoms with Crippen LogP contribution in [-0.4, -0.2) is 21.7 Å². The molecule has 5 heteroatoms. The molecule has 2 aliphatic rings. The molecule has 1 aromatic rings. The number of halogens is 1. The zero-order chi connectivity index (χ0) is 13.6. The summed E-state index contributed by atoms with van der Waals surface area (Å²) in [6, 6.07) is 3.47. The first-order valence-electron chi connectivity index (χ1n) is 6.52. The number of amides is 2. The second kappa shape index (κ2) is 4.60. The monoisotopic (exact) mass is 278 g/mol. The number of nitrogens with zero attached hydrogens (tertiary/aromatic N) is 2. The van der Waals surface area contributed by atoms with Gasteiger partial charge in [-0.2, -0.15) is 0 Å². The summed E-state index contributed by atoms with van der Waals surface area (Å²) in [6.45, 7) is 2.41. The van der Waals surface area contributed by atoms with Crippen molar-refractivity contribution in [3.63, 3.8) is 0 Å². The minimum absolute atomic E-state index is 0.0210. The van der Waals surface area contributed by atoms with Crippen LogP contribution in [0.1, 0.15) is 25.3 Å². The molecule has 3 rings (SSSR count). The lowest BCUT2D eigenvalue weighted by atomic mass is 10.00. The Morgan fingerprint density at radius 2 is 1.95 bits per heavy atom. The summed E-state index contributed by atoms with van der Waals surface area (Å²) in [7, 11) is 0. The standard InChI is InChI=1S/C14H15ClN2O2/c1-8-4-10-11(5-8)14(19)17(13(10)18)7-9-2-3-16-12(15)6-9/h2-3,6,8,10-11H,4-5,7H2,1H3. The second-order valence-corrected chi connectivity index (χ2v) is 5.93. The molecule has 19 heavy (non-hydrogen) atoms. The summed E-state index contributed by atoms with van der Waals surface area (Å²) in [5, 5.41) is 0.380. The Hall–Kier alpha value is -1.42. The molecule has 0 bridgehead atoms. The van der Waals surface area contributed by atoms with Crippen LogP contribution in [0.5, 0.6) is 0 Å². The van der Waals surface area contributed by atoms with E-state index in [1.807, 2.05) is 0 Å². The zero-order valence-corrected chi connectivity index (χ0v) is 11.4. The molecule has 0 spiro atoms. The predicted octanol–water partition coefficient (Wildman–Crippen LogP) is 2.27. The van der Waals surface area contributed by atoms with Gasteiger partial charge in [-0.25, -0.2) is 4.98 Å². The third-order valence-electron chi connectivity index (χ3n) is 4.10. The topological polar surface area (TPSA) is 50.3 Å². The fourth-order valence-corrected chi connectivity index (χ4v) is 3.42. The van der Waals surface area contributed by atoms with Crippen molar-refractivity contribution in [3.8, 4) is 0 Å². The van der Waals surface area contributed by atoms with E-state index >= 15 is 0 Å². The van der Waals surface area contributed by atoms with Crippen molar-refractivity contribution in [3.05, 3.63) is 29.0 Å². The summed E-state index contributed by atoms with van der Waals surface area (Å²) in [6.07, 6.45) is 3.26. The minimum Gasteiger partial charge on any atom is -0.278 e. The van der Waals surface area contributed by atoms with Crippen LogP contribution in [0, 0.1) is 17.8 Å². The number of carbonyl (C=O) groups excluding carboxylic acids is 2. The summed E-state index contributed by atoms with van der Waals surface area (Å²) < 4.78 is 0. The van der Waals surface area contributed by atoms with Gasteiger partial charge in [0, 0.05) is 6.20 Å². The van der Waals surface area contributed by atoms with Crippen molar-refractivity contribution in [2.24, 2.45) is 17.8 Å². The average Bonchev–Trinajstić information content (AvgIpc) is 2.84. The van der Waals surface area contributed by atoms with Crippen LogP contribution < -0.4 is 0 Å². The smallest absolute Gasteiger partial charge is 0.233 e. The number of carbonyl (C=O) groups is 2. The van der Waals surface area contributed by atoms with E-state index in [0.29, 0.717) is 17.6 Å². The maximum atomic E-state index is 12.3. The van der Waals surface area contributed by atoms with Crippen molar-refractivity contribution < 1.29 is 9.59 Å². The number of aromatic nitrogens is 1. The van der Waals surface area contributed by atoms with Gasteiger partial charge in [-0.05, 0) is 36.5 Å². The Morgan fingerprint density at radius 1 is 1.32 bits per heavy atom. The fourth-order valence-electron chi connectivity index (χ4n) is 3.23. The minimum atomic E-state index is -0.0974. The van der Waals surface area contributed by atoms with Crippen LogP contribution in [0.2, 0.25) is 5.15 Å². The summed E-state index contributed by atoms with van der Waals surface area (Å²) >= 11 is 5.82. The van der Waals surface area contributed by atoms with Gasteiger partial charge in [-0.3, -0.25) is 14.5 Å². The lowest BCUT2D eigenvalue weighted by molar-refractivity contribution is -0.141. The first-order chi connectivity index (χ1) is 9.06. The van der Waals surface area contributed by atoms with E-state index in [4.69, 9.17) is 11.6 Å². The van der Waals surface area contributed by atoms with Crippen LogP contribution in [-0.2, 0) is 16.1 Å². The molecule has 2 heterocycles. The van der Waals surface area contributed by atoms with Crippen molar-refractivity contribution >= 4 is 23.4 Å². The van der Waals surface area contributed by atoms with Crippen molar-refractivity contribution in [2.75, 3.05) is 0 Å². The first kappa shape index (κ1) is 12.6. The third-order valence-corrected chi connectivity index (χ3v) is 4.30. The molecule has 4 nitrogen and oxygen atoms in total. The van der Waals surface area contributed by atoms with Gasteiger partial charge in [0.15, 0.2) is 0 Å². The van der Waals surface area contributed by atoms with Crippen molar-refractivity contribution in [1.29, 1.82) is 0 Å². The maximum Gasteiger partial charge on any atom is 0.233 e. The number of hydrogen-bond acceptors (Lipinski definition) is 3. The molecule has 1 saturated heterocycles. The molecule has 0 radical (unpaired) electrons. The van der Waals surface area contributed by atoms with E-state index in [1.54, 1.807) is 18.3 Å². The van der Waals surface area contributed by atoms with E-state index in [1.165, 1.54) is 4.90 Å². The molecule has 0 aromatic carbocycles. The molecule has 2 atom stereocenters. The molecule has 100 valence electrons. The van der Waals surface area contributed by atoms with Gasteiger partial charge in [-0.15, -0.1) is 0 Å². The number of likely N-dealkylation sites (tertiary alicyclic amines) is 1. The Morgan fingerprint density at radius 3 is 2.53 bits per heavy atom.